The highest BCUT2D eigenvalue weighted by Gasteiger charge is 2.06. The topological polar surface area (TPSA) is 18.5 Å². The van der Waals surface area contributed by atoms with Crippen LogP contribution < -0.4 is 9.47 Å². The van der Waals surface area contributed by atoms with Crippen LogP contribution in [0.4, 0.5) is 8.78 Å². The van der Waals surface area contributed by atoms with Crippen LogP contribution in [0.15, 0.2) is 66.5 Å². The third kappa shape index (κ3) is 9.05. The molecule has 0 unspecified atom stereocenters. The maximum atomic E-state index is 13.0. The van der Waals surface area contributed by atoms with Crippen molar-refractivity contribution < 1.29 is 18.3 Å². The van der Waals surface area contributed by atoms with E-state index in [0.717, 1.165) is 11.1 Å². The van der Waals surface area contributed by atoms with E-state index in [1.165, 1.54) is 24.3 Å². The van der Waals surface area contributed by atoms with E-state index in [1.807, 2.05) is 25.1 Å². The van der Waals surface area contributed by atoms with Gasteiger partial charge in [-0.15, -0.1) is 12.3 Å². The van der Waals surface area contributed by atoms with Gasteiger partial charge in [0.1, 0.15) is 18.3 Å². The number of aryl methyl sites for hydroxylation is 1. The number of hydrogen-bond acceptors (Lipinski definition) is 2. The van der Waals surface area contributed by atoms with Crippen molar-refractivity contribution in [3.05, 3.63) is 83.5 Å². The molecule has 0 heterocycles. The van der Waals surface area contributed by atoms with Crippen LogP contribution in [0.2, 0.25) is 0 Å². The van der Waals surface area contributed by atoms with Gasteiger partial charge in [0.2, 0.25) is 0 Å². The quantitative estimate of drug-likeness (QED) is 0.292. The standard InChI is InChI=1S/C21H22F2O2.C3H4/c1-3-18(22)6-4-5-13-24-20-12-7-16(2)14-21(20)25-15-17-8-10-19(23)11-9-17;1-3-2/h3-4,6-12,14H,5,13,15H2,1-2H3;1H,2H3/b6-4-,18-3+;. The molecule has 2 aromatic rings. The molecule has 28 heavy (non-hydrogen) atoms. The van der Waals surface area contributed by atoms with Gasteiger partial charge in [-0.1, -0.05) is 30.4 Å². The Morgan fingerprint density at radius 1 is 1.11 bits per heavy atom. The van der Waals surface area contributed by atoms with E-state index in [0.29, 0.717) is 31.1 Å². The van der Waals surface area contributed by atoms with Crippen LogP contribution in [0.1, 0.15) is 31.4 Å². The van der Waals surface area contributed by atoms with Gasteiger partial charge in [0.15, 0.2) is 11.5 Å². The Balaban J connectivity index is 0.00000122. The second-order valence-electron chi connectivity index (χ2n) is 5.87. The van der Waals surface area contributed by atoms with Crippen LogP contribution >= 0.6 is 0 Å². The third-order valence-corrected chi connectivity index (χ3v) is 3.50. The molecule has 0 amide bonds. The van der Waals surface area contributed by atoms with Crippen molar-refractivity contribution in [2.75, 3.05) is 6.61 Å². The fraction of sp³-hybridized carbons (Fsp3) is 0.250. The minimum absolute atomic E-state index is 0.265. The maximum absolute atomic E-state index is 13.0. The first-order valence-electron chi connectivity index (χ1n) is 8.96. The molecule has 2 rings (SSSR count). The minimum atomic E-state index is -0.272. The average Bonchev–Trinajstić information content (AvgIpc) is 2.69. The lowest BCUT2D eigenvalue weighted by molar-refractivity contribution is 0.264. The number of rotatable bonds is 8. The zero-order valence-electron chi connectivity index (χ0n) is 16.5. The Labute approximate surface area is 166 Å². The number of allylic oxidation sites excluding steroid dienone is 3. The molecule has 0 saturated carbocycles. The van der Waals surface area contributed by atoms with E-state index in [9.17, 15) is 8.78 Å². The Hall–Kier alpha value is -3.06. The van der Waals surface area contributed by atoms with E-state index >= 15 is 0 Å². The second-order valence-corrected chi connectivity index (χ2v) is 5.87. The molecule has 0 saturated heterocycles. The lowest BCUT2D eigenvalue weighted by Gasteiger charge is -2.13. The summed E-state index contributed by atoms with van der Waals surface area (Å²) in [6, 6.07) is 11.9. The molecule has 0 bridgehead atoms. The first-order valence-corrected chi connectivity index (χ1v) is 8.96. The fourth-order valence-corrected chi connectivity index (χ4v) is 2.12. The van der Waals surface area contributed by atoms with Crippen LogP contribution in [0.25, 0.3) is 0 Å². The lowest BCUT2D eigenvalue weighted by Crippen LogP contribution is -2.01. The minimum Gasteiger partial charge on any atom is -0.489 e. The van der Waals surface area contributed by atoms with Crippen LogP contribution in [0.3, 0.4) is 0 Å². The molecule has 0 fully saturated rings. The zero-order chi connectivity index (χ0) is 20.8. The molecule has 2 aromatic carbocycles. The van der Waals surface area contributed by atoms with Gasteiger partial charge >= 0.3 is 0 Å². The third-order valence-electron chi connectivity index (χ3n) is 3.50. The van der Waals surface area contributed by atoms with E-state index in [1.54, 1.807) is 32.1 Å². The Morgan fingerprint density at radius 3 is 2.43 bits per heavy atom. The predicted molar refractivity (Wildman–Crippen MR) is 111 cm³/mol. The summed E-state index contributed by atoms with van der Waals surface area (Å²) >= 11 is 0. The van der Waals surface area contributed by atoms with Crippen LogP contribution in [0.5, 0.6) is 11.5 Å². The maximum Gasteiger partial charge on any atom is 0.161 e. The fourth-order valence-electron chi connectivity index (χ4n) is 2.12. The number of ether oxygens (including phenoxy) is 2. The largest absolute Gasteiger partial charge is 0.489 e. The predicted octanol–water partition coefficient (Wildman–Crippen LogP) is 6.55. The number of hydrogen-bond donors (Lipinski definition) is 0. The van der Waals surface area contributed by atoms with E-state index < -0.39 is 0 Å². The molecular weight excluding hydrogens is 358 g/mol. The first kappa shape index (κ1) is 23.0. The molecule has 4 heteroatoms. The zero-order valence-corrected chi connectivity index (χ0v) is 16.5. The SMILES string of the molecule is C#CC.C/C=C(F)\C=C/CCOc1ccc(C)cc1OCc1ccc(F)cc1. The molecule has 0 atom stereocenters. The van der Waals surface area contributed by atoms with Crippen LogP contribution in [0, 0.1) is 25.1 Å². The summed E-state index contributed by atoms with van der Waals surface area (Å²) in [7, 11) is 0. The molecule has 0 radical (unpaired) electrons. The summed E-state index contributed by atoms with van der Waals surface area (Å²) in [6.45, 7) is 6.01. The number of halogens is 2. The summed E-state index contributed by atoms with van der Waals surface area (Å²) in [5.41, 5.74) is 1.93. The molecule has 148 valence electrons. The van der Waals surface area contributed by atoms with Crippen molar-refractivity contribution in [3.63, 3.8) is 0 Å². The van der Waals surface area contributed by atoms with E-state index in [-0.39, 0.29) is 11.6 Å². The lowest BCUT2D eigenvalue weighted by atomic mass is 10.2. The highest BCUT2D eigenvalue weighted by Crippen LogP contribution is 2.29. The van der Waals surface area contributed by atoms with Gasteiger partial charge in [0.25, 0.3) is 0 Å². The van der Waals surface area contributed by atoms with Gasteiger partial charge in [-0.2, -0.15) is 0 Å². The van der Waals surface area contributed by atoms with Gasteiger partial charge in [-0.05, 0) is 68.7 Å². The van der Waals surface area contributed by atoms with E-state index in [4.69, 9.17) is 9.47 Å². The summed E-state index contributed by atoms with van der Waals surface area (Å²) < 4.78 is 37.5. The van der Waals surface area contributed by atoms with Gasteiger partial charge in [-0.3, -0.25) is 0 Å². The van der Waals surface area contributed by atoms with Crippen molar-refractivity contribution in [1.29, 1.82) is 0 Å². The number of benzene rings is 2. The summed E-state index contributed by atoms with van der Waals surface area (Å²) in [4.78, 5) is 0. The van der Waals surface area contributed by atoms with Gasteiger partial charge in [0.05, 0.1) is 6.61 Å². The molecule has 0 spiro atoms. The smallest absolute Gasteiger partial charge is 0.161 e. The van der Waals surface area contributed by atoms with Crippen molar-refractivity contribution in [1.82, 2.24) is 0 Å². The molecule has 0 aliphatic carbocycles. The number of terminal acetylenes is 1. The highest BCUT2D eigenvalue weighted by molar-refractivity contribution is 5.42. The molecule has 0 N–H and O–H groups in total. The van der Waals surface area contributed by atoms with Crippen molar-refractivity contribution in [3.8, 4) is 23.8 Å². The van der Waals surface area contributed by atoms with Gasteiger partial charge in [0, 0.05) is 0 Å². The van der Waals surface area contributed by atoms with Crippen LogP contribution in [-0.2, 0) is 6.61 Å². The van der Waals surface area contributed by atoms with Crippen LogP contribution in [-0.4, -0.2) is 6.61 Å². The Bertz CT molecular complexity index is 815. The van der Waals surface area contributed by atoms with Gasteiger partial charge in [-0.25, -0.2) is 8.78 Å². The first-order chi connectivity index (χ1) is 13.5. The normalized spacial score (nSPS) is 10.8. The summed E-state index contributed by atoms with van der Waals surface area (Å²) in [6.07, 6.45) is 9.73. The molecular formula is C24H26F2O2. The summed E-state index contributed by atoms with van der Waals surface area (Å²) in [5, 5.41) is 0. The van der Waals surface area contributed by atoms with E-state index in [2.05, 4.69) is 12.3 Å². The summed E-state index contributed by atoms with van der Waals surface area (Å²) in [5.74, 6) is 2.98. The van der Waals surface area contributed by atoms with Crippen molar-refractivity contribution in [2.24, 2.45) is 0 Å². The highest BCUT2D eigenvalue weighted by atomic mass is 19.1. The average molecular weight is 384 g/mol. The Morgan fingerprint density at radius 2 is 1.79 bits per heavy atom. The monoisotopic (exact) mass is 384 g/mol. The second kappa shape index (κ2) is 13.2. The molecule has 0 aliphatic heterocycles. The van der Waals surface area contributed by atoms with Crippen molar-refractivity contribution in [2.45, 2.75) is 33.8 Å². The molecule has 2 nitrogen and oxygen atoms in total. The Kier molecular flexibility index (Phi) is 10.8. The molecule has 0 aromatic heterocycles. The molecule has 0 aliphatic rings. The van der Waals surface area contributed by atoms with Gasteiger partial charge < -0.3 is 9.47 Å². The van der Waals surface area contributed by atoms with Crippen molar-refractivity contribution >= 4 is 0 Å².